The molecule has 2 spiro atoms. The Morgan fingerprint density at radius 1 is 0.917 bits per heavy atom. The Morgan fingerprint density at radius 3 is 2.44 bits per heavy atom. The van der Waals surface area contributed by atoms with E-state index in [2.05, 4.69) is 26.0 Å². The number of para-hydroxylation sites is 1. The first-order valence-electron chi connectivity index (χ1n) is 13.0. The first kappa shape index (κ1) is 21.9. The van der Waals surface area contributed by atoms with Gasteiger partial charge in [0.25, 0.3) is 0 Å². The predicted molar refractivity (Wildman–Crippen MR) is 136 cm³/mol. The molecule has 1 aliphatic carbocycles. The van der Waals surface area contributed by atoms with Crippen molar-refractivity contribution >= 4 is 11.6 Å². The summed E-state index contributed by atoms with van der Waals surface area (Å²) in [5, 5.41) is 0. The van der Waals surface area contributed by atoms with Gasteiger partial charge >= 0.3 is 0 Å². The second kappa shape index (κ2) is 7.34. The maximum absolute atomic E-state index is 14.6. The molecule has 5 heteroatoms. The quantitative estimate of drug-likeness (QED) is 0.420. The van der Waals surface area contributed by atoms with E-state index in [4.69, 9.17) is 9.47 Å². The van der Waals surface area contributed by atoms with E-state index in [0.29, 0.717) is 13.0 Å². The molecule has 4 aliphatic rings. The van der Waals surface area contributed by atoms with Crippen molar-refractivity contribution in [2.24, 2.45) is 0 Å². The molecule has 3 aliphatic heterocycles. The van der Waals surface area contributed by atoms with Gasteiger partial charge in [-0.25, -0.2) is 4.39 Å². The van der Waals surface area contributed by atoms with Crippen LogP contribution in [-0.2, 0) is 23.2 Å². The number of fused-ring (bicyclic) bond motifs is 5. The van der Waals surface area contributed by atoms with Crippen LogP contribution in [0.1, 0.15) is 68.2 Å². The molecule has 1 fully saturated rings. The van der Waals surface area contributed by atoms with Crippen LogP contribution in [-0.4, -0.2) is 17.1 Å². The molecule has 1 saturated carbocycles. The lowest BCUT2D eigenvalue weighted by Gasteiger charge is -2.47. The van der Waals surface area contributed by atoms with Gasteiger partial charge in [-0.3, -0.25) is 4.79 Å². The Bertz CT molecular complexity index is 1390. The Balaban J connectivity index is 1.38. The van der Waals surface area contributed by atoms with Gasteiger partial charge in [-0.2, -0.15) is 0 Å². The highest BCUT2D eigenvalue weighted by atomic mass is 19.1. The number of anilines is 1. The second-order valence-electron chi connectivity index (χ2n) is 11.6. The molecule has 1 amide bonds. The van der Waals surface area contributed by atoms with Crippen molar-refractivity contribution in [3.8, 4) is 11.5 Å². The summed E-state index contributed by atoms with van der Waals surface area (Å²) >= 11 is 0. The minimum Gasteiger partial charge on any atom is -0.487 e. The van der Waals surface area contributed by atoms with Crippen molar-refractivity contribution in [2.45, 2.75) is 75.5 Å². The van der Waals surface area contributed by atoms with Crippen LogP contribution in [0.25, 0.3) is 0 Å². The summed E-state index contributed by atoms with van der Waals surface area (Å²) in [6, 6.07) is 18.7. The van der Waals surface area contributed by atoms with Crippen molar-refractivity contribution in [1.82, 2.24) is 0 Å². The van der Waals surface area contributed by atoms with Crippen molar-refractivity contribution in [3.63, 3.8) is 0 Å². The summed E-state index contributed by atoms with van der Waals surface area (Å²) < 4.78 is 26.6. The smallest absolute Gasteiger partial charge is 0.242 e. The maximum Gasteiger partial charge on any atom is 0.242 e. The van der Waals surface area contributed by atoms with Crippen molar-refractivity contribution in [1.29, 1.82) is 0 Å². The molecule has 0 aromatic heterocycles. The molecule has 0 radical (unpaired) electrons. The van der Waals surface area contributed by atoms with Gasteiger partial charge in [-0.15, -0.1) is 0 Å². The third-order valence-electron chi connectivity index (χ3n) is 8.66. The molecule has 3 heterocycles. The van der Waals surface area contributed by atoms with Crippen LogP contribution in [0.4, 0.5) is 10.1 Å². The Labute approximate surface area is 211 Å². The number of benzene rings is 3. The third kappa shape index (κ3) is 3.07. The first-order valence-corrected chi connectivity index (χ1v) is 13.0. The molecule has 0 unspecified atom stereocenters. The van der Waals surface area contributed by atoms with E-state index in [9.17, 15) is 9.18 Å². The zero-order chi connectivity index (χ0) is 24.7. The molecule has 36 heavy (non-hydrogen) atoms. The van der Waals surface area contributed by atoms with Crippen LogP contribution in [0.15, 0.2) is 60.7 Å². The van der Waals surface area contributed by atoms with Gasteiger partial charge in [-0.1, -0.05) is 30.3 Å². The SMILES string of the molecule is CC1(C)C[C@@]2(C(=O)N(Cc3ccc(F)cc3)c3ccccc32)c2cc3c(cc2O1)OC1(CCC1)CC3. The number of nitrogens with zero attached hydrogens (tertiary/aromatic N) is 1. The topological polar surface area (TPSA) is 38.8 Å². The van der Waals surface area contributed by atoms with Crippen LogP contribution in [0.3, 0.4) is 0 Å². The lowest BCUT2D eigenvalue weighted by Crippen LogP contribution is -2.51. The zero-order valence-corrected chi connectivity index (χ0v) is 20.8. The highest BCUT2D eigenvalue weighted by molar-refractivity contribution is 6.11. The Hall–Kier alpha value is -3.34. The Kier molecular flexibility index (Phi) is 4.47. The number of rotatable bonds is 2. The second-order valence-corrected chi connectivity index (χ2v) is 11.6. The van der Waals surface area contributed by atoms with E-state index in [1.807, 2.05) is 29.2 Å². The molecule has 3 aromatic carbocycles. The lowest BCUT2D eigenvalue weighted by molar-refractivity contribution is -0.124. The number of hydrogen-bond acceptors (Lipinski definition) is 3. The number of halogens is 1. The molecular formula is C31H30FNO3. The van der Waals surface area contributed by atoms with Crippen molar-refractivity contribution in [3.05, 3.63) is 88.7 Å². The number of aryl methyl sites for hydroxylation is 1. The van der Waals surface area contributed by atoms with E-state index in [-0.39, 0.29) is 17.3 Å². The van der Waals surface area contributed by atoms with Crippen LogP contribution in [0, 0.1) is 5.82 Å². The average Bonchev–Trinajstić information content (AvgIpc) is 3.05. The normalized spacial score (nSPS) is 24.4. The molecular weight excluding hydrogens is 453 g/mol. The minimum absolute atomic E-state index is 0.00908. The Morgan fingerprint density at radius 2 is 1.69 bits per heavy atom. The van der Waals surface area contributed by atoms with Gasteiger partial charge in [-0.05, 0) is 86.9 Å². The van der Waals surface area contributed by atoms with Crippen LogP contribution < -0.4 is 14.4 Å². The molecule has 184 valence electrons. The third-order valence-corrected chi connectivity index (χ3v) is 8.66. The minimum atomic E-state index is -0.839. The standard InChI is InChI=1S/C31H30FNO3/c1-29(2)19-31(24-16-21-12-15-30(13-5-14-30)36-26(21)17-27(24)35-29)23-6-3-4-7-25(23)33(28(31)34)18-20-8-10-22(32)11-9-20/h3-4,6-11,16-17H,5,12-15,18-19H2,1-2H3/t31-/m0/s1. The van der Waals surface area contributed by atoms with Gasteiger partial charge in [0.2, 0.25) is 5.91 Å². The zero-order valence-electron chi connectivity index (χ0n) is 20.8. The molecule has 7 rings (SSSR count). The first-order chi connectivity index (χ1) is 17.3. The largest absolute Gasteiger partial charge is 0.487 e. The number of carbonyl (C=O) groups excluding carboxylic acids is 1. The van der Waals surface area contributed by atoms with Crippen LogP contribution in [0.5, 0.6) is 11.5 Å². The average molecular weight is 484 g/mol. The number of carbonyl (C=O) groups is 1. The van der Waals surface area contributed by atoms with E-state index < -0.39 is 11.0 Å². The molecule has 3 aromatic rings. The van der Waals surface area contributed by atoms with Gasteiger partial charge in [0.15, 0.2) is 0 Å². The van der Waals surface area contributed by atoms with Crippen molar-refractivity contribution in [2.75, 3.05) is 4.90 Å². The number of ether oxygens (including phenoxy) is 2. The van der Waals surface area contributed by atoms with E-state index in [1.54, 1.807) is 12.1 Å². The summed E-state index contributed by atoms with van der Waals surface area (Å²) in [5.74, 6) is 1.43. The maximum atomic E-state index is 14.6. The molecule has 0 N–H and O–H groups in total. The van der Waals surface area contributed by atoms with Gasteiger partial charge in [0.05, 0.1) is 6.54 Å². The van der Waals surface area contributed by atoms with E-state index in [1.165, 1.54) is 18.6 Å². The van der Waals surface area contributed by atoms with Crippen LogP contribution >= 0.6 is 0 Å². The highest BCUT2D eigenvalue weighted by Crippen LogP contribution is 2.58. The summed E-state index contributed by atoms with van der Waals surface area (Å²) in [7, 11) is 0. The van der Waals surface area contributed by atoms with E-state index >= 15 is 0 Å². The summed E-state index contributed by atoms with van der Waals surface area (Å²) in [6.07, 6.45) is 5.99. The predicted octanol–water partition coefficient (Wildman–Crippen LogP) is 6.47. The molecule has 4 nitrogen and oxygen atoms in total. The van der Waals surface area contributed by atoms with E-state index in [0.717, 1.165) is 65.1 Å². The van der Waals surface area contributed by atoms with Gasteiger partial charge in [0, 0.05) is 23.7 Å². The lowest BCUT2D eigenvalue weighted by atomic mass is 9.66. The van der Waals surface area contributed by atoms with Gasteiger partial charge < -0.3 is 14.4 Å². The summed E-state index contributed by atoms with van der Waals surface area (Å²) in [5.41, 5.74) is 3.54. The number of hydrogen-bond donors (Lipinski definition) is 0. The summed E-state index contributed by atoms with van der Waals surface area (Å²) in [4.78, 5) is 16.4. The fourth-order valence-corrected chi connectivity index (χ4v) is 6.84. The fourth-order valence-electron chi connectivity index (χ4n) is 6.84. The highest BCUT2D eigenvalue weighted by Gasteiger charge is 2.58. The fraction of sp³-hybridized carbons (Fsp3) is 0.387. The van der Waals surface area contributed by atoms with Crippen molar-refractivity contribution < 1.29 is 18.7 Å². The van der Waals surface area contributed by atoms with Crippen LogP contribution in [0.2, 0.25) is 0 Å². The van der Waals surface area contributed by atoms with Gasteiger partial charge in [0.1, 0.15) is 33.9 Å². The number of amides is 1. The molecule has 0 saturated heterocycles. The molecule has 1 atom stereocenters. The molecule has 0 bridgehead atoms. The monoisotopic (exact) mass is 483 g/mol. The summed E-state index contributed by atoms with van der Waals surface area (Å²) in [6.45, 7) is 4.51.